The molecule has 0 unspecified atom stereocenters. The van der Waals surface area contributed by atoms with Crippen molar-refractivity contribution in [3.05, 3.63) is 57.2 Å². The van der Waals surface area contributed by atoms with Crippen LogP contribution in [0.25, 0.3) is 12.2 Å². The van der Waals surface area contributed by atoms with Crippen LogP contribution in [0.1, 0.15) is 72.7 Å². The predicted octanol–water partition coefficient (Wildman–Crippen LogP) is 2.78. The molecule has 0 amide bonds. The third-order valence-electron chi connectivity index (χ3n) is 6.22. The number of allylic oxidation sites excluding steroid dienone is 2. The number of aromatic amines is 2. The second kappa shape index (κ2) is 17.9. The highest BCUT2D eigenvalue weighted by Crippen LogP contribution is 2.29. The summed E-state index contributed by atoms with van der Waals surface area (Å²) in [6.07, 6.45) is 5.97. The summed E-state index contributed by atoms with van der Waals surface area (Å²) >= 11 is 0. The van der Waals surface area contributed by atoms with Gasteiger partial charge >= 0.3 is 23.9 Å². The summed E-state index contributed by atoms with van der Waals surface area (Å²) in [7, 11) is 0. The molecule has 2 rings (SSSR count). The van der Waals surface area contributed by atoms with Gasteiger partial charge in [-0.05, 0) is 74.3 Å². The summed E-state index contributed by atoms with van der Waals surface area (Å²) in [5.74, 6) is -2.12. The van der Waals surface area contributed by atoms with Gasteiger partial charge in [-0.3, -0.25) is 28.8 Å². The molecule has 0 radical (unpaired) electrons. The summed E-state index contributed by atoms with van der Waals surface area (Å²) in [5, 5.41) is 0. The maximum absolute atomic E-state index is 12.7. The molecule has 12 heteroatoms. The average Bonchev–Trinajstić information content (AvgIpc) is 3.43. The molecule has 0 saturated heterocycles. The van der Waals surface area contributed by atoms with Gasteiger partial charge in [0.1, 0.15) is 12.6 Å². The number of esters is 4. The van der Waals surface area contributed by atoms with Crippen LogP contribution in [0.15, 0.2) is 12.2 Å². The molecule has 0 aliphatic rings. The highest BCUT2D eigenvalue weighted by Gasteiger charge is 2.26. The standard InChI is InChI=1S/C31H38N2O10/c1-5-40-28(36)15-20-22(17-30(38)42-7-3)26(32-24(20)11-9-13-34)19-27-23(18-31(39)43-8-4)21(16-29(37)41-6-2)25(33-27)12-10-14-35/h9-14,32-33H,5-8,15-19H2,1-4H3/b11-9+,12-10+. The van der Waals surface area contributed by atoms with Crippen molar-refractivity contribution in [1.82, 2.24) is 9.97 Å². The number of aromatic nitrogens is 2. The zero-order valence-corrected chi connectivity index (χ0v) is 24.9. The van der Waals surface area contributed by atoms with Gasteiger partial charge in [-0.15, -0.1) is 0 Å². The van der Waals surface area contributed by atoms with E-state index in [9.17, 15) is 28.8 Å². The summed E-state index contributed by atoms with van der Waals surface area (Å²) in [6, 6.07) is 0. The van der Waals surface area contributed by atoms with E-state index in [4.69, 9.17) is 18.9 Å². The minimum absolute atomic E-state index is 0.0823. The maximum Gasteiger partial charge on any atom is 0.310 e. The largest absolute Gasteiger partial charge is 0.466 e. The zero-order chi connectivity index (χ0) is 31.8. The van der Waals surface area contributed by atoms with Crippen molar-refractivity contribution >= 4 is 48.6 Å². The molecule has 0 aliphatic carbocycles. The smallest absolute Gasteiger partial charge is 0.310 e. The first kappa shape index (κ1) is 34.5. The third kappa shape index (κ3) is 10.2. The number of rotatable bonds is 18. The first-order chi connectivity index (χ1) is 20.7. The Labute approximate surface area is 249 Å². The van der Waals surface area contributed by atoms with Crippen LogP contribution >= 0.6 is 0 Å². The molecule has 2 aromatic rings. The zero-order valence-electron chi connectivity index (χ0n) is 24.9. The van der Waals surface area contributed by atoms with Crippen molar-refractivity contribution in [2.45, 2.75) is 59.8 Å². The Hall–Kier alpha value is -4.74. The van der Waals surface area contributed by atoms with E-state index in [2.05, 4.69) is 9.97 Å². The van der Waals surface area contributed by atoms with Crippen LogP contribution < -0.4 is 0 Å². The van der Waals surface area contributed by atoms with Gasteiger partial charge in [0.2, 0.25) is 0 Å². The van der Waals surface area contributed by atoms with Crippen LogP contribution in [0.2, 0.25) is 0 Å². The van der Waals surface area contributed by atoms with E-state index in [1.165, 1.54) is 24.3 Å². The molecule has 0 atom stereocenters. The first-order valence-corrected chi connectivity index (χ1v) is 14.0. The lowest BCUT2D eigenvalue weighted by Crippen LogP contribution is -2.14. The lowest BCUT2D eigenvalue weighted by atomic mass is 9.97. The third-order valence-corrected chi connectivity index (χ3v) is 6.22. The van der Waals surface area contributed by atoms with Crippen LogP contribution in [0, 0.1) is 0 Å². The van der Waals surface area contributed by atoms with E-state index in [-0.39, 0.29) is 58.5 Å². The number of carbonyl (C=O) groups excluding carboxylic acids is 6. The number of hydrogen-bond acceptors (Lipinski definition) is 10. The van der Waals surface area contributed by atoms with Gasteiger partial charge < -0.3 is 28.9 Å². The highest BCUT2D eigenvalue weighted by atomic mass is 16.5. The molecule has 0 bridgehead atoms. The maximum atomic E-state index is 12.7. The number of hydrogen-bond donors (Lipinski definition) is 2. The fourth-order valence-corrected chi connectivity index (χ4v) is 4.61. The Balaban J connectivity index is 2.79. The van der Waals surface area contributed by atoms with Crippen LogP contribution in [0.3, 0.4) is 0 Å². The summed E-state index contributed by atoms with van der Waals surface area (Å²) in [4.78, 5) is 79.1. The quantitative estimate of drug-likeness (QED) is 0.113. The number of H-pyrrole nitrogens is 2. The fraction of sp³-hybridized carbons (Fsp3) is 0.419. The molecule has 2 aromatic heterocycles. The molecule has 232 valence electrons. The van der Waals surface area contributed by atoms with E-state index < -0.39 is 23.9 Å². The van der Waals surface area contributed by atoms with Crippen molar-refractivity contribution in [2.24, 2.45) is 0 Å². The summed E-state index contributed by atoms with van der Waals surface area (Å²) in [5.41, 5.74) is 3.66. The minimum atomic E-state index is -0.533. The summed E-state index contributed by atoms with van der Waals surface area (Å²) in [6.45, 7) is 7.30. The molecule has 12 nitrogen and oxygen atoms in total. The van der Waals surface area contributed by atoms with E-state index in [1.807, 2.05) is 0 Å². The predicted molar refractivity (Wildman–Crippen MR) is 156 cm³/mol. The van der Waals surface area contributed by atoms with E-state index in [0.717, 1.165) is 0 Å². The number of carbonyl (C=O) groups is 6. The molecule has 0 spiro atoms. The summed E-state index contributed by atoms with van der Waals surface area (Å²) < 4.78 is 20.6. The van der Waals surface area contributed by atoms with Gasteiger partial charge in [0.15, 0.2) is 0 Å². The molecule has 0 fully saturated rings. The van der Waals surface area contributed by atoms with Crippen LogP contribution in [-0.4, -0.2) is 72.8 Å². The Morgan fingerprint density at radius 1 is 0.535 bits per heavy atom. The Morgan fingerprint density at radius 2 is 0.837 bits per heavy atom. The second-order valence-corrected chi connectivity index (χ2v) is 9.04. The molecule has 2 N–H and O–H groups in total. The molecule has 0 aliphatic heterocycles. The van der Waals surface area contributed by atoms with Gasteiger partial charge in [0.25, 0.3) is 0 Å². The minimum Gasteiger partial charge on any atom is -0.466 e. The fourth-order valence-electron chi connectivity index (χ4n) is 4.61. The van der Waals surface area contributed by atoms with Gasteiger partial charge in [-0.25, -0.2) is 0 Å². The number of nitrogens with one attached hydrogen (secondary N) is 2. The van der Waals surface area contributed by atoms with Crippen molar-refractivity contribution < 1.29 is 47.7 Å². The first-order valence-electron chi connectivity index (χ1n) is 14.0. The van der Waals surface area contributed by atoms with E-state index in [0.29, 0.717) is 57.6 Å². The highest BCUT2D eigenvalue weighted by molar-refractivity contribution is 5.82. The van der Waals surface area contributed by atoms with Gasteiger partial charge in [0.05, 0.1) is 52.1 Å². The van der Waals surface area contributed by atoms with Crippen molar-refractivity contribution in [3.8, 4) is 0 Å². The molecule has 43 heavy (non-hydrogen) atoms. The van der Waals surface area contributed by atoms with Crippen molar-refractivity contribution in [3.63, 3.8) is 0 Å². The molecular weight excluding hydrogens is 560 g/mol. The number of aldehydes is 2. The number of ether oxygens (including phenoxy) is 4. The van der Waals surface area contributed by atoms with E-state index >= 15 is 0 Å². The Morgan fingerprint density at radius 3 is 1.12 bits per heavy atom. The van der Waals surface area contributed by atoms with Crippen molar-refractivity contribution in [2.75, 3.05) is 26.4 Å². The van der Waals surface area contributed by atoms with Crippen LogP contribution in [0.4, 0.5) is 0 Å². The van der Waals surface area contributed by atoms with Gasteiger partial charge in [-0.1, -0.05) is 0 Å². The molecule has 0 aromatic carbocycles. The lowest BCUT2D eigenvalue weighted by Gasteiger charge is -2.10. The normalized spacial score (nSPS) is 11.1. The Bertz CT molecular complexity index is 1260. The SMILES string of the molecule is CCOC(=O)Cc1c(/C=C/C=O)[nH]c(Cc2[nH]c(/C=C/C=O)c(CC(=O)OCC)c2CC(=O)OCC)c1CC(=O)OCC. The van der Waals surface area contributed by atoms with Gasteiger partial charge in [0, 0.05) is 29.2 Å². The lowest BCUT2D eigenvalue weighted by molar-refractivity contribution is -0.143. The van der Waals surface area contributed by atoms with Crippen molar-refractivity contribution in [1.29, 1.82) is 0 Å². The molecule has 2 heterocycles. The van der Waals surface area contributed by atoms with Crippen LogP contribution in [-0.2, 0) is 79.8 Å². The second-order valence-electron chi connectivity index (χ2n) is 9.04. The van der Waals surface area contributed by atoms with Gasteiger partial charge in [-0.2, -0.15) is 0 Å². The Kier molecular flexibility index (Phi) is 14.4. The molecular formula is C31H38N2O10. The van der Waals surface area contributed by atoms with Crippen LogP contribution in [0.5, 0.6) is 0 Å². The molecule has 0 saturated carbocycles. The average molecular weight is 599 g/mol. The topological polar surface area (TPSA) is 171 Å². The monoisotopic (exact) mass is 598 g/mol. The van der Waals surface area contributed by atoms with E-state index in [1.54, 1.807) is 27.7 Å².